The predicted molar refractivity (Wildman–Crippen MR) is 35.6 cm³/mol. The van der Waals surface area contributed by atoms with Crippen molar-refractivity contribution in [3.63, 3.8) is 0 Å². The van der Waals surface area contributed by atoms with Gasteiger partial charge in [-0.1, -0.05) is 0 Å². The normalized spacial score (nSPS) is 11.2. The standard InChI is InChI=1S/C4H9O7P/c1-4(5)9-12(6,10-7-2)11-8-3/h1-3H3. The van der Waals surface area contributed by atoms with Crippen LogP contribution in [0.3, 0.4) is 0 Å². The predicted octanol–water partition coefficient (Wildman–Crippen LogP) is 0.814. The summed E-state index contributed by atoms with van der Waals surface area (Å²) in [5.74, 6) is -0.840. The van der Waals surface area contributed by atoms with E-state index in [1.165, 1.54) is 0 Å². The minimum absolute atomic E-state index is 0.840. The van der Waals surface area contributed by atoms with Crippen molar-refractivity contribution in [3.8, 4) is 0 Å². The van der Waals surface area contributed by atoms with Crippen molar-refractivity contribution < 1.29 is 33.0 Å². The van der Waals surface area contributed by atoms with Crippen LogP contribution in [-0.2, 0) is 33.0 Å². The third kappa shape index (κ3) is 4.42. The summed E-state index contributed by atoms with van der Waals surface area (Å²) in [4.78, 5) is 18.4. The number of hydrogen-bond acceptors (Lipinski definition) is 7. The summed E-state index contributed by atoms with van der Waals surface area (Å²) in [5, 5.41) is 0. The zero-order chi connectivity index (χ0) is 9.61. The Morgan fingerprint density at radius 1 is 1.17 bits per heavy atom. The fourth-order valence-electron chi connectivity index (χ4n) is 0.383. The van der Waals surface area contributed by atoms with Crippen LogP contribution in [0.5, 0.6) is 0 Å². The summed E-state index contributed by atoms with van der Waals surface area (Å²) in [6.45, 7) is 1.03. The van der Waals surface area contributed by atoms with E-state index in [2.05, 4.69) is 23.6 Å². The molecule has 12 heavy (non-hydrogen) atoms. The van der Waals surface area contributed by atoms with E-state index in [4.69, 9.17) is 0 Å². The van der Waals surface area contributed by atoms with Gasteiger partial charge in [-0.25, -0.2) is 14.3 Å². The van der Waals surface area contributed by atoms with Gasteiger partial charge in [0.15, 0.2) is 0 Å². The molecule has 0 aliphatic heterocycles. The summed E-state index contributed by atoms with van der Waals surface area (Å²) < 4.78 is 23.3. The minimum Gasteiger partial charge on any atom is -0.368 e. The molecule has 0 fully saturated rings. The van der Waals surface area contributed by atoms with Crippen LogP contribution in [0.4, 0.5) is 0 Å². The fraction of sp³-hybridized carbons (Fsp3) is 0.750. The molecule has 0 aliphatic carbocycles. The van der Waals surface area contributed by atoms with Crippen LogP contribution in [0.15, 0.2) is 0 Å². The number of carbonyl (C=O) groups excluding carboxylic acids is 1. The first-order valence-electron chi connectivity index (χ1n) is 2.79. The molecule has 0 radical (unpaired) electrons. The smallest absolute Gasteiger partial charge is 0.368 e. The van der Waals surface area contributed by atoms with Gasteiger partial charge in [0.2, 0.25) is 0 Å². The largest absolute Gasteiger partial charge is 0.587 e. The van der Waals surface area contributed by atoms with Crippen LogP contribution in [0.1, 0.15) is 6.92 Å². The molecule has 0 spiro atoms. The van der Waals surface area contributed by atoms with Crippen LogP contribution >= 0.6 is 7.82 Å². The van der Waals surface area contributed by atoms with Gasteiger partial charge < -0.3 is 4.52 Å². The highest BCUT2D eigenvalue weighted by Crippen LogP contribution is 2.49. The highest BCUT2D eigenvalue weighted by Gasteiger charge is 2.32. The molecule has 0 N–H and O–H groups in total. The highest BCUT2D eigenvalue weighted by atomic mass is 31.2. The van der Waals surface area contributed by atoms with Gasteiger partial charge in [-0.05, 0) is 0 Å². The van der Waals surface area contributed by atoms with Crippen LogP contribution < -0.4 is 0 Å². The first kappa shape index (κ1) is 11.5. The van der Waals surface area contributed by atoms with E-state index in [1.54, 1.807) is 0 Å². The molecule has 0 saturated heterocycles. The molecule has 0 unspecified atom stereocenters. The monoisotopic (exact) mass is 200 g/mol. The first-order valence-corrected chi connectivity index (χ1v) is 4.25. The number of hydrogen-bond donors (Lipinski definition) is 0. The van der Waals surface area contributed by atoms with E-state index in [-0.39, 0.29) is 0 Å². The molecule has 8 heteroatoms. The molecule has 0 atom stereocenters. The number of rotatable bonds is 5. The maximum atomic E-state index is 11.1. The third-order valence-corrected chi connectivity index (χ3v) is 1.72. The van der Waals surface area contributed by atoms with E-state index >= 15 is 0 Å². The second-order valence-corrected chi connectivity index (χ2v) is 2.89. The quantitative estimate of drug-likeness (QED) is 0.369. The maximum Gasteiger partial charge on any atom is 0.587 e. The molecule has 7 nitrogen and oxygen atoms in total. The van der Waals surface area contributed by atoms with Crippen molar-refractivity contribution in [1.29, 1.82) is 0 Å². The lowest BCUT2D eigenvalue weighted by atomic mass is 10.9. The summed E-state index contributed by atoms with van der Waals surface area (Å²) in [5.41, 5.74) is 0. The van der Waals surface area contributed by atoms with Gasteiger partial charge in [-0.15, -0.1) is 9.35 Å². The van der Waals surface area contributed by atoms with E-state index in [0.717, 1.165) is 21.1 Å². The molecular formula is C4H9O7P. The van der Waals surface area contributed by atoms with Gasteiger partial charge in [0.25, 0.3) is 0 Å². The molecule has 0 saturated carbocycles. The van der Waals surface area contributed by atoms with Crippen LogP contribution in [0.25, 0.3) is 0 Å². The van der Waals surface area contributed by atoms with Crippen molar-refractivity contribution in [2.45, 2.75) is 6.92 Å². The Morgan fingerprint density at radius 3 is 1.83 bits per heavy atom. The van der Waals surface area contributed by atoms with Crippen molar-refractivity contribution >= 4 is 13.8 Å². The second kappa shape index (κ2) is 5.23. The van der Waals surface area contributed by atoms with Gasteiger partial charge >= 0.3 is 13.8 Å². The molecule has 0 amide bonds. The van der Waals surface area contributed by atoms with Crippen molar-refractivity contribution in [1.82, 2.24) is 0 Å². The summed E-state index contributed by atoms with van der Waals surface area (Å²) in [6.07, 6.45) is 0. The molecule has 0 rings (SSSR count). The molecule has 0 bridgehead atoms. The van der Waals surface area contributed by atoms with E-state index in [1.807, 2.05) is 0 Å². The molecule has 0 heterocycles. The first-order chi connectivity index (χ1) is 5.54. The summed E-state index contributed by atoms with van der Waals surface area (Å²) in [6, 6.07) is 0. The fourth-order valence-corrected chi connectivity index (χ4v) is 1.15. The Kier molecular flexibility index (Phi) is 5.03. The number of carbonyl (C=O) groups is 1. The van der Waals surface area contributed by atoms with Gasteiger partial charge in [0.1, 0.15) is 0 Å². The zero-order valence-corrected chi connectivity index (χ0v) is 7.70. The van der Waals surface area contributed by atoms with Crippen LogP contribution in [0, 0.1) is 0 Å². The molecule has 0 aromatic rings. The third-order valence-electron chi connectivity index (χ3n) is 0.572. The molecule has 0 aliphatic rings. The van der Waals surface area contributed by atoms with E-state index in [0.29, 0.717) is 0 Å². The van der Waals surface area contributed by atoms with Gasteiger partial charge in [0, 0.05) is 6.92 Å². The van der Waals surface area contributed by atoms with Crippen molar-refractivity contribution in [2.75, 3.05) is 14.2 Å². The summed E-state index contributed by atoms with van der Waals surface area (Å²) >= 11 is 0. The maximum absolute atomic E-state index is 11.1. The lowest BCUT2D eigenvalue weighted by Crippen LogP contribution is -2.02. The highest BCUT2D eigenvalue weighted by molar-refractivity contribution is 7.48. The topological polar surface area (TPSA) is 80.3 Å². The molecule has 0 aromatic carbocycles. The van der Waals surface area contributed by atoms with Crippen LogP contribution in [-0.4, -0.2) is 20.2 Å². The Hall–Kier alpha value is -0.460. The SMILES string of the molecule is COOP(=O)(OOC)OC(C)=O. The Labute approximate surface area is 69.0 Å². The average Bonchev–Trinajstić information content (AvgIpc) is 1.85. The Morgan fingerprint density at radius 2 is 1.58 bits per heavy atom. The van der Waals surface area contributed by atoms with E-state index < -0.39 is 13.8 Å². The zero-order valence-electron chi connectivity index (χ0n) is 6.80. The Balaban J connectivity index is 4.18. The van der Waals surface area contributed by atoms with Crippen molar-refractivity contribution in [3.05, 3.63) is 0 Å². The van der Waals surface area contributed by atoms with Crippen LogP contribution in [0.2, 0.25) is 0 Å². The van der Waals surface area contributed by atoms with E-state index in [9.17, 15) is 9.36 Å². The molecule has 0 aromatic heterocycles. The van der Waals surface area contributed by atoms with Crippen molar-refractivity contribution in [2.24, 2.45) is 0 Å². The Bertz CT molecular complexity index is 180. The summed E-state index contributed by atoms with van der Waals surface area (Å²) in [7, 11) is -1.91. The lowest BCUT2D eigenvalue weighted by Gasteiger charge is -2.10. The molecular weight excluding hydrogens is 191 g/mol. The van der Waals surface area contributed by atoms with Gasteiger partial charge in [-0.3, -0.25) is 4.79 Å². The van der Waals surface area contributed by atoms with Gasteiger partial charge in [0.05, 0.1) is 14.2 Å². The average molecular weight is 200 g/mol. The molecule has 72 valence electrons. The second-order valence-electron chi connectivity index (χ2n) is 1.51. The lowest BCUT2D eigenvalue weighted by molar-refractivity contribution is -0.257. The van der Waals surface area contributed by atoms with Gasteiger partial charge in [-0.2, -0.15) is 0 Å². The minimum atomic E-state index is -4.07. The number of phosphoric acid groups is 1.